The fraction of sp³-hybridized carbons (Fsp3) is 0.300. The summed E-state index contributed by atoms with van der Waals surface area (Å²) < 4.78 is 18.0. The summed E-state index contributed by atoms with van der Waals surface area (Å²) in [6, 6.07) is 2.80. The molecule has 2 heterocycles. The van der Waals surface area contributed by atoms with E-state index in [4.69, 9.17) is 4.42 Å². The lowest BCUT2D eigenvalue weighted by Crippen LogP contribution is -2.11. The molecule has 16 heavy (non-hydrogen) atoms. The van der Waals surface area contributed by atoms with Crippen LogP contribution < -0.4 is 5.32 Å². The van der Waals surface area contributed by atoms with Crippen molar-refractivity contribution in [2.45, 2.75) is 13.5 Å². The van der Waals surface area contributed by atoms with E-state index < -0.39 is 5.82 Å². The lowest BCUT2D eigenvalue weighted by Gasteiger charge is -1.94. The van der Waals surface area contributed by atoms with E-state index in [1.54, 1.807) is 0 Å². The Hall–Kier alpha value is -1.82. The highest BCUT2D eigenvalue weighted by Gasteiger charge is 2.08. The van der Waals surface area contributed by atoms with E-state index in [1.807, 2.05) is 6.92 Å². The molecule has 0 saturated heterocycles. The van der Waals surface area contributed by atoms with Crippen molar-refractivity contribution in [1.29, 1.82) is 0 Å². The van der Waals surface area contributed by atoms with Crippen LogP contribution in [-0.2, 0) is 6.54 Å². The smallest absolute Gasteiger partial charge is 0.266 e. The molecule has 0 aliphatic rings. The summed E-state index contributed by atoms with van der Waals surface area (Å²) in [6.07, 6.45) is 1.11. The summed E-state index contributed by atoms with van der Waals surface area (Å²) in [6.45, 7) is 3.33. The van der Waals surface area contributed by atoms with E-state index in [0.29, 0.717) is 24.0 Å². The molecule has 5 nitrogen and oxygen atoms in total. The SMILES string of the molecule is CCNCc1nnc(-c2ccc(F)cn2)o1. The number of aromatic nitrogens is 3. The third-order valence-corrected chi connectivity index (χ3v) is 1.94. The Labute approximate surface area is 91.7 Å². The number of hydrogen-bond acceptors (Lipinski definition) is 5. The second-order valence-corrected chi connectivity index (χ2v) is 3.14. The van der Waals surface area contributed by atoms with Crippen LogP contribution >= 0.6 is 0 Å². The van der Waals surface area contributed by atoms with Crippen LogP contribution in [0.4, 0.5) is 4.39 Å². The van der Waals surface area contributed by atoms with Crippen molar-refractivity contribution >= 4 is 0 Å². The lowest BCUT2D eigenvalue weighted by molar-refractivity contribution is 0.480. The van der Waals surface area contributed by atoms with Gasteiger partial charge in [-0.2, -0.15) is 0 Å². The van der Waals surface area contributed by atoms with Gasteiger partial charge in [-0.3, -0.25) is 0 Å². The Morgan fingerprint density at radius 2 is 2.25 bits per heavy atom. The van der Waals surface area contributed by atoms with Gasteiger partial charge in [0.25, 0.3) is 5.89 Å². The molecular formula is C10H11FN4O. The zero-order valence-corrected chi connectivity index (χ0v) is 8.77. The topological polar surface area (TPSA) is 63.8 Å². The molecule has 84 valence electrons. The Bertz CT molecular complexity index is 454. The molecular weight excluding hydrogens is 211 g/mol. The number of pyridine rings is 1. The van der Waals surface area contributed by atoms with Crippen LogP contribution in [0.15, 0.2) is 22.7 Å². The molecule has 6 heteroatoms. The second-order valence-electron chi connectivity index (χ2n) is 3.14. The quantitative estimate of drug-likeness (QED) is 0.846. The Morgan fingerprint density at radius 1 is 1.38 bits per heavy atom. The average Bonchev–Trinajstić information content (AvgIpc) is 2.76. The van der Waals surface area contributed by atoms with Crippen molar-refractivity contribution in [3.63, 3.8) is 0 Å². The third-order valence-electron chi connectivity index (χ3n) is 1.94. The highest BCUT2D eigenvalue weighted by Crippen LogP contribution is 2.14. The number of halogens is 1. The van der Waals surface area contributed by atoms with Crippen LogP contribution in [0.25, 0.3) is 11.6 Å². The first kappa shape index (κ1) is 10.7. The van der Waals surface area contributed by atoms with Gasteiger partial charge in [-0.1, -0.05) is 6.92 Å². The van der Waals surface area contributed by atoms with Crippen molar-refractivity contribution < 1.29 is 8.81 Å². The molecule has 2 aromatic heterocycles. The van der Waals surface area contributed by atoms with Gasteiger partial charge in [0.05, 0.1) is 12.7 Å². The third kappa shape index (κ3) is 2.40. The van der Waals surface area contributed by atoms with E-state index in [1.165, 1.54) is 12.1 Å². The summed E-state index contributed by atoms with van der Waals surface area (Å²) in [4.78, 5) is 3.85. The van der Waals surface area contributed by atoms with Crippen molar-refractivity contribution in [3.05, 3.63) is 30.0 Å². The molecule has 0 amide bonds. The highest BCUT2D eigenvalue weighted by atomic mass is 19.1. The van der Waals surface area contributed by atoms with E-state index >= 15 is 0 Å². The summed E-state index contributed by atoms with van der Waals surface area (Å²) in [5.74, 6) is 0.395. The average molecular weight is 222 g/mol. The molecule has 1 N–H and O–H groups in total. The molecule has 0 atom stereocenters. The molecule has 2 aromatic rings. The predicted octanol–water partition coefficient (Wildman–Crippen LogP) is 1.38. The van der Waals surface area contributed by atoms with Gasteiger partial charge in [0, 0.05) is 0 Å². The molecule has 0 radical (unpaired) electrons. The molecule has 2 rings (SSSR count). The van der Waals surface area contributed by atoms with Gasteiger partial charge in [0.1, 0.15) is 11.5 Å². The molecule has 0 saturated carbocycles. The van der Waals surface area contributed by atoms with Gasteiger partial charge in [-0.05, 0) is 18.7 Å². The first-order valence-electron chi connectivity index (χ1n) is 4.94. The lowest BCUT2D eigenvalue weighted by atomic mass is 10.3. The fourth-order valence-electron chi connectivity index (χ4n) is 1.16. The van der Waals surface area contributed by atoms with Gasteiger partial charge in [-0.25, -0.2) is 9.37 Å². The minimum Gasteiger partial charge on any atom is -0.418 e. The van der Waals surface area contributed by atoms with Gasteiger partial charge < -0.3 is 9.73 Å². The van der Waals surface area contributed by atoms with Gasteiger partial charge in [-0.15, -0.1) is 10.2 Å². The molecule has 0 aromatic carbocycles. The zero-order valence-electron chi connectivity index (χ0n) is 8.77. The summed E-state index contributed by atoms with van der Waals surface area (Å²) in [5.41, 5.74) is 0.469. The van der Waals surface area contributed by atoms with Crippen LogP contribution in [0.3, 0.4) is 0 Å². The number of nitrogens with one attached hydrogen (secondary N) is 1. The maximum Gasteiger partial charge on any atom is 0.266 e. The Morgan fingerprint density at radius 3 is 2.94 bits per heavy atom. The normalized spacial score (nSPS) is 10.6. The number of hydrogen-bond donors (Lipinski definition) is 1. The molecule has 0 aliphatic heterocycles. The van der Waals surface area contributed by atoms with E-state index in [-0.39, 0.29) is 0 Å². The second kappa shape index (κ2) is 4.80. The first-order valence-corrected chi connectivity index (χ1v) is 4.94. The van der Waals surface area contributed by atoms with Crippen molar-refractivity contribution in [1.82, 2.24) is 20.5 Å². The monoisotopic (exact) mass is 222 g/mol. The minimum atomic E-state index is -0.392. The van der Waals surface area contributed by atoms with Crippen molar-refractivity contribution in [3.8, 4) is 11.6 Å². The molecule has 0 bridgehead atoms. The van der Waals surface area contributed by atoms with Crippen molar-refractivity contribution in [2.75, 3.05) is 6.54 Å². The molecule has 0 unspecified atom stereocenters. The molecule has 0 spiro atoms. The Kier molecular flexibility index (Phi) is 3.21. The minimum absolute atomic E-state index is 0.299. The van der Waals surface area contributed by atoms with Crippen LogP contribution in [0, 0.1) is 5.82 Å². The number of nitrogens with zero attached hydrogens (tertiary/aromatic N) is 3. The van der Waals surface area contributed by atoms with Gasteiger partial charge in [0.15, 0.2) is 0 Å². The van der Waals surface area contributed by atoms with Crippen LogP contribution in [0.2, 0.25) is 0 Å². The highest BCUT2D eigenvalue weighted by molar-refractivity contribution is 5.45. The van der Waals surface area contributed by atoms with E-state index in [9.17, 15) is 4.39 Å². The van der Waals surface area contributed by atoms with Crippen LogP contribution in [0.5, 0.6) is 0 Å². The Balaban J connectivity index is 2.15. The fourth-order valence-corrected chi connectivity index (χ4v) is 1.16. The predicted molar refractivity (Wildman–Crippen MR) is 54.9 cm³/mol. The van der Waals surface area contributed by atoms with Gasteiger partial charge in [0.2, 0.25) is 5.89 Å². The molecule has 0 fully saturated rings. The van der Waals surface area contributed by atoms with Gasteiger partial charge >= 0.3 is 0 Å². The van der Waals surface area contributed by atoms with Crippen LogP contribution in [0.1, 0.15) is 12.8 Å². The van der Waals surface area contributed by atoms with Crippen molar-refractivity contribution in [2.24, 2.45) is 0 Å². The summed E-state index contributed by atoms with van der Waals surface area (Å²) in [5, 5.41) is 10.7. The first-order chi connectivity index (χ1) is 7.79. The van der Waals surface area contributed by atoms with E-state index in [0.717, 1.165) is 12.7 Å². The summed E-state index contributed by atoms with van der Waals surface area (Å²) >= 11 is 0. The molecule has 0 aliphatic carbocycles. The van der Waals surface area contributed by atoms with Crippen LogP contribution in [-0.4, -0.2) is 21.7 Å². The van der Waals surface area contributed by atoms with E-state index in [2.05, 4.69) is 20.5 Å². The zero-order chi connectivity index (χ0) is 11.4. The standard InChI is InChI=1S/C10H11FN4O/c1-2-12-6-9-14-15-10(16-9)8-4-3-7(11)5-13-8/h3-5,12H,2,6H2,1H3. The largest absolute Gasteiger partial charge is 0.418 e. The maximum atomic E-state index is 12.6. The summed E-state index contributed by atoms with van der Waals surface area (Å²) in [7, 11) is 0. The maximum absolute atomic E-state index is 12.6. The number of rotatable bonds is 4.